The standard InChI is InChI=1S/C19H30BNO5S/c1-13(2)8-9-14-12-15(20-25-18(3,4)19(5,6)26-20)10-11-16(14)17(22)21-27(7,23)24/h10-13H,8-9H2,1-7H3,(H,21,22). The number of hydrogen-bond acceptors (Lipinski definition) is 5. The lowest BCUT2D eigenvalue weighted by Gasteiger charge is -2.32. The van der Waals surface area contributed by atoms with Crippen molar-refractivity contribution in [1.82, 2.24) is 4.72 Å². The summed E-state index contributed by atoms with van der Waals surface area (Å²) in [5.41, 5.74) is 1.06. The van der Waals surface area contributed by atoms with Crippen LogP contribution in [0.1, 0.15) is 63.9 Å². The zero-order valence-corrected chi connectivity index (χ0v) is 18.1. The van der Waals surface area contributed by atoms with Crippen molar-refractivity contribution in [3.05, 3.63) is 29.3 Å². The summed E-state index contributed by atoms with van der Waals surface area (Å²) in [7, 11) is -4.15. The smallest absolute Gasteiger partial charge is 0.399 e. The largest absolute Gasteiger partial charge is 0.494 e. The summed E-state index contributed by atoms with van der Waals surface area (Å²) in [5.74, 6) is -0.159. The molecule has 6 nitrogen and oxygen atoms in total. The summed E-state index contributed by atoms with van der Waals surface area (Å²) < 4.78 is 37.1. The van der Waals surface area contributed by atoms with Gasteiger partial charge in [-0.2, -0.15) is 0 Å². The lowest BCUT2D eigenvalue weighted by molar-refractivity contribution is 0.00578. The number of carbonyl (C=O) groups excluding carboxylic acids is 1. The Hall–Kier alpha value is -1.38. The van der Waals surface area contributed by atoms with Crippen molar-refractivity contribution in [3.8, 4) is 0 Å². The molecule has 1 saturated heterocycles. The van der Waals surface area contributed by atoms with Gasteiger partial charge in [0, 0.05) is 5.56 Å². The monoisotopic (exact) mass is 395 g/mol. The van der Waals surface area contributed by atoms with Crippen LogP contribution in [0.5, 0.6) is 0 Å². The molecule has 0 unspecified atom stereocenters. The highest BCUT2D eigenvalue weighted by atomic mass is 32.2. The molecule has 0 bridgehead atoms. The summed E-state index contributed by atoms with van der Waals surface area (Å²) >= 11 is 0. The maximum Gasteiger partial charge on any atom is 0.494 e. The predicted molar refractivity (Wildman–Crippen MR) is 108 cm³/mol. The summed E-state index contributed by atoms with van der Waals surface area (Å²) in [4.78, 5) is 12.4. The summed E-state index contributed by atoms with van der Waals surface area (Å²) in [6.07, 6.45) is 2.51. The molecule has 0 radical (unpaired) electrons. The minimum atomic E-state index is -3.63. The first kappa shape index (κ1) is 21.9. The van der Waals surface area contributed by atoms with Crippen LogP contribution in [0.4, 0.5) is 0 Å². The molecule has 27 heavy (non-hydrogen) atoms. The van der Waals surface area contributed by atoms with E-state index in [-0.39, 0.29) is 0 Å². The van der Waals surface area contributed by atoms with Crippen molar-refractivity contribution in [2.45, 2.75) is 65.6 Å². The Labute approximate surface area is 163 Å². The van der Waals surface area contributed by atoms with Gasteiger partial charge in [-0.1, -0.05) is 26.0 Å². The molecular formula is C19H30BNO5S. The first-order valence-electron chi connectivity index (χ1n) is 9.22. The molecule has 0 atom stereocenters. The number of benzene rings is 1. The second-order valence-electron chi connectivity index (χ2n) is 8.64. The third kappa shape index (κ3) is 5.33. The third-order valence-corrected chi connectivity index (χ3v) is 5.72. The van der Waals surface area contributed by atoms with Gasteiger partial charge in [-0.25, -0.2) is 13.1 Å². The summed E-state index contributed by atoms with van der Waals surface area (Å²) in [5, 5.41) is 0. The summed E-state index contributed by atoms with van der Waals surface area (Å²) in [6.45, 7) is 12.2. The molecule has 0 aliphatic carbocycles. The molecular weight excluding hydrogens is 365 g/mol. The molecule has 0 spiro atoms. The van der Waals surface area contributed by atoms with Gasteiger partial charge in [0.15, 0.2) is 0 Å². The van der Waals surface area contributed by atoms with Gasteiger partial charge in [0.2, 0.25) is 10.0 Å². The van der Waals surface area contributed by atoms with Crippen LogP contribution < -0.4 is 10.2 Å². The van der Waals surface area contributed by atoms with E-state index in [1.807, 2.05) is 38.5 Å². The van der Waals surface area contributed by atoms with Crippen LogP contribution in [-0.4, -0.2) is 38.9 Å². The molecule has 2 rings (SSSR count). The van der Waals surface area contributed by atoms with Crippen LogP contribution in [0.3, 0.4) is 0 Å². The Morgan fingerprint density at radius 2 is 1.70 bits per heavy atom. The number of nitrogens with one attached hydrogen (secondary N) is 1. The van der Waals surface area contributed by atoms with Crippen LogP contribution >= 0.6 is 0 Å². The van der Waals surface area contributed by atoms with Crippen molar-refractivity contribution in [3.63, 3.8) is 0 Å². The number of amides is 1. The highest BCUT2D eigenvalue weighted by molar-refractivity contribution is 7.89. The minimum Gasteiger partial charge on any atom is -0.399 e. The van der Waals surface area contributed by atoms with Crippen molar-refractivity contribution in [2.75, 3.05) is 6.26 Å². The third-order valence-electron chi connectivity index (χ3n) is 5.17. The molecule has 1 amide bonds. The van der Waals surface area contributed by atoms with E-state index in [1.54, 1.807) is 12.1 Å². The van der Waals surface area contributed by atoms with Crippen LogP contribution in [0.15, 0.2) is 18.2 Å². The lowest BCUT2D eigenvalue weighted by atomic mass is 9.77. The van der Waals surface area contributed by atoms with Crippen molar-refractivity contribution in [1.29, 1.82) is 0 Å². The van der Waals surface area contributed by atoms with Gasteiger partial charge in [0.05, 0.1) is 17.5 Å². The maximum absolute atomic E-state index is 12.4. The molecule has 0 aromatic heterocycles. The van der Waals surface area contributed by atoms with E-state index < -0.39 is 34.3 Å². The second-order valence-corrected chi connectivity index (χ2v) is 10.4. The molecule has 1 aromatic carbocycles. The number of aryl methyl sites for hydroxylation is 1. The van der Waals surface area contributed by atoms with E-state index in [4.69, 9.17) is 9.31 Å². The van der Waals surface area contributed by atoms with E-state index in [2.05, 4.69) is 13.8 Å². The van der Waals surface area contributed by atoms with Crippen LogP contribution in [0.2, 0.25) is 0 Å². The SMILES string of the molecule is CC(C)CCc1cc(B2OC(C)(C)C(C)(C)O2)ccc1C(=O)NS(C)(=O)=O. The minimum absolute atomic E-state index is 0.362. The zero-order valence-electron chi connectivity index (χ0n) is 17.3. The van der Waals surface area contributed by atoms with Crippen molar-refractivity contribution >= 4 is 28.5 Å². The number of rotatable bonds is 6. The first-order valence-corrected chi connectivity index (χ1v) is 11.1. The van der Waals surface area contributed by atoms with Gasteiger partial charge in [-0.3, -0.25) is 4.79 Å². The number of carbonyl (C=O) groups is 1. The van der Waals surface area contributed by atoms with Crippen LogP contribution in [0.25, 0.3) is 0 Å². The average Bonchev–Trinajstić information content (AvgIpc) is 2.71. The van der Waals surface area contributed by atoms with Crippen molar-refractivity contribution < 1.29 is 22.5 Å². The Balaban J connectivity index is 2.37. The van der Waals surface area contributed by atoms with E-state index in [0.29, 0.717) is 17.9 Å². The van der Waals surface area contributed by atoms with Gasteiger partial charge in [0.25, 0.3) is 5.91 Å². The summed E-state index contributed by atoms with van der Waals surface area (Å²) in [6, 6.07) is 5.30. The van der Waals surface area contributed by atoms with Gasteiger partial charge >= 0.3 is 7.12 Å². The molecule has 150 valence electrons. The van der Waals surface area contributed by atoms with E-state index in [1.165, 1.54) is 0 Å². The number of hydrogen-bond donors (Lipinski definition) is 1. The highest BCUT2D eigenvalue weighted by Crippen LogP contribution is 2.36. The Bertz CT molecular complexity index is 801. The quantitative estimate of drug-likeness (QED) is 0.748. The predicted octanol–water partition coefficient (Wildman–Crippen LogP) is 2.26. The van der Waals surface area contributed by atoms with Gasteiger partial charge in [-0.05, 0) is 63.5 Å². The fourth-order valence-electron chi connectivity index (χ4n) is 2.84. The van der Waals surface area contributed by atoms with E-state index >= 15 is 0 Å². The normalized spacial score (nSPS) is 18.7. The highest BCUT2D eigenvalue weighted by Gasteiger charge is 2.51. The molecule has 1 heterocycles. The Kier molecular flexibility index (Phi) is 6.14. The topological polar surface area (TPSA) is 81.7 Å². The Morgan fingerprint density at radius 1 is 1.15 bits per heavy atom. The van der Waals surface area contributed by atoms with Gasteiger partial charge < -0.3 is 9.31 Å². The van der Waals surface area contributed by atoms with E-state index in [0.717, 1.165) is 23.7 Å². The molecule has 8 heteroatoms. The molecule has 0 saturated carbocycles. The Morgan fingerprint density at radius 3 is 2.19 bits per heavy atom. The van der Waals surface area contributed by atoms with Crippen LogP contribution in [0, 0.1) is 5.92 Å². The fraction of sp³-hybridized carbons (Fsp3) is 0.632. The van der Waals surface area contributed by atoms with E-state index in [9.17, 15) is 13.2 Å². The first-order chi connectivity index (χ1) is 12.2. The second kappa shape index (κ2) is 7.56. The lowest BCUT2D eigenvalue weighted by Crippen LogP contribution is -2.41. The molecule has 1 N–H and O–H groups in total. The molecule has 1 aliphatic rings. The molecule has 1 aliphatic heterocycles. The zero-order chi connectivity index (χ0) is 20.6. The average molecular weight is 395 g/mol. The van der Waals surface area contributed by atoms with Gasteiger partial charge in [-0.15, -0.1) is 0 Å². The number of sulfonamides is 1. The van der Waals surface area contributed by atoms with Crippen molar-refractivity contribution in [2.24, 2.45) is 5.92 Å². The van der Waals surface area contributed by atoms with Crippen LogP contribution in [-0.2, 0) is 25.8 Å². The fourth-order valence-corrected chi connectivity index (χ4v) is 3.28. The molecule has 1 fully saturated rings. The molecule has 1 aromatic rings. The maximum atomic E-state index is 12.4. The van der Waals surface area contributed by atoms with Gasteiger partial charge in [0.1, 0.15) is 0 Å².